The first kappa shape index (κ1) is 25.6. The Morgan fingerprint density at radius 1 is 0.829 bits per heavy atom. The third-order valence-corrected chi connectivity index (χ3v) is 6.99. The molecule has 1 heterocycles. The molecule has 0 saturated heterocycles. The van der Waals surface area contributed by atoms with E-state index in [-0.39, 0.29) is 16.7 Å². The van der Waals surface area contributed by atoms with E-state index in [1.165, 1.54) is 4.90 Å². The van der Waals surface area contributed by atoms with E-state index in [9.17, 15) is 9.90 Å². The number of aromatic hydroxyl groups is 1. The number of phenols is 1. The van der Waals surface area contributed by atoms with E-state index in [4.69, 9.17) is 34.8 Å². The van der Waals surface area contributed by atoms with Gasteiger partial charge in [-0.3, -0.25) is 9.69 Å². The van der Waals surface area contributed by atoms with Gasteiger partial charge < -0.3 is 5.11 Å². The number of para-hydroxylation sites is 1. The maximum Gasteiger partial charge on any atom is 0.263 e. The molecule has 0 radical (unpaired) electrons. The van der Waals surface area contributed by atoms with Crippen molar-refractivity contribution in [3.8, 4) is 5.75 Å². The van der Waals surface area contributed by atoms with Crippen LogP contribution < -0.4 is 4.90 Å². The SMILES string of the molecule is CC(C)(C)c1cc(C=C2C(=O)N(c3c(Cl)cccc3Cl)c3cc(Cl)ccc32)cc(C(C)(C)C)c1O. The summed E-state index contributed by atoms with van der Waals surface area (Å²) in [4.78, 5) is 15.4. The molecular formula is C29H28Cl3NO2. The van der Waals surface area contributed by atoms with Crippen molar-refractivity contribution in [1.29, 1.82) is 0 Å². The second-order valence-corrected chi connectivity index (χ2v) is 12.1. The molecule has 0 saturated carbocycles. The van der Waals surface area contributed by atoms with Gasteiger partial charge in [0, 0.05) is 21.7 Å². The van der Waals surface area contributed by atoms with Crippen molar-refractivity contribution in [2.24, 2.45) is 0 Å². The van der Waals surface area contributed by atoms with E-state index in [0.29, 0.717) is 37.8 Å². The highest BCUT2D eigenvalue weighted by atomic mass is 35.5. The van der Waals surface area contributed by atoms with Gasteiger partial charge in [0.1, 0.15) is 5.75 Å². The van der Waals surface area contributed by atoms with Crippen molar-refractivity contribution in [3.63, 3.8) is 0 Å². The number of phenolic OH excluding ortho intramolecular Hbond substituents is 1. The van der Waals surface area contributed by atoms with Crippen LogP contribution >= 0.6 is 34.8 Å². The van der Waals surface area contributed by atoms with Gasteiger partial charge in [-0.25, -0.2) is 0 Å². The Morgan fingerprint density at radius 3 is 1.89 bits per heavy atom. The minimum atomic E-state index is -0.291. The lowest BCUT2D eigenvalue weighted by Gasteiger charge is -2.28. The number of amides is 1. The topological polar surface area (TPSA) is 40.5 Å². The average molecular weight is 529 g/mol. The number of anilines is 2. The molecule has 0 bridgehead atoms. The molecule has 3 aromatic rings. The molecule has 6 heteroatoms. The molecule has 3 nitrogen and oxygen atoms in total. The highest BCUT2D eigenvalue weighted by molar-refractivity contribution is 6.45. The monoisotopic (exact) mass is 527 g/mol. The summed E-state index contributed by atoms with van der Waals surface area (Å²) >= 11 is 19.3. The number of rotatable bonds is 2. The fraction of sp³-hybridized carbons (Fsp3) is 0.276. The highest BCUT2D eigenvalue weighted by Crippen LogP contribution is 2.48. The minimum Gasteiger partial charge on any atom is -0.507 e. The number of fused-ring (bicyclic) bond motifs is 1. The molecule has 1 aliphatic rings. The maximum absolute atomic E-state index is 13.9. The summed E-state index contributed by atoms with van der Waals surface area (Å²) in [6.45, 7) is 12.4. The molecule has 4 rings (SSSR count). The smallest absolute Gasteiger partial charge is 0.263 e. The predicted octanol–water partition coefficient (Wildman–Crippen LogP) is 9.17. The van der Waals surface area contributed by atoms with Gasteiger partial charge in [-0.1, -0.05) is 88.5 Å². The number of carbonyl (C=O) groups is 1. The lowest BCUT2D eigenvalue weighted by atomic mass is 9.78. The number of hydrogen-bond donors (Lipinski definition) is 1. The van der Waals surface area contributed by atoms with Crippen molar-refractivity contribution in [3.05, 3.63) is 85.9 Å². The molecule has 3 aromatic carbocycles. The van der Waals surface area contributed by atoms with Gasteiger partial charge >= 0.3 is 0 Å². The normalized spacial score (nSPS) is 15.2. The number of halogens is 3. The minimum absolute atomic E-state index is 0.250. The van der Waals surface area contributed by atoms with E-state index in [1.807, 2.05) is 24.3 Å². The zero-order valence-corrected chi connectivity index (χ0v) is 22.9. The zero-order chi connectivity index (χ0) is 25.9. The van der Waals surface area contributed by atoms with Gasteiger partial charge in [-0.2, -0.15) is 0 Å². The summed E-state index contributed by atoms with van der Waals surface area (Å²) in [6.07, 6.45) is 1.86. The Hall–Kier alpha value is -2.46. The summed E-state index contributed by atoms with van der Waals surface area (Å²) in [6, 6.07) is 14.4. The number of hydrogen-bond acceptors (Lipinski definition) is 2. The van der Waals surface area contributed by atoms with Crippen LogP contribution in [0, 0.1) is 0 Å². The maximum atomic E-state index is 13.9. The molecular weight excluding hydrogens is 501 g/mol. The second kappa shape index (κ2) is 8.89. The molecule has 1 amide bonds. The summed E-state index contributed by atoms with van der Waals surface area (Å²) in [5, 5.41) is 12.3. The van der Waals surface area contributed by atoms with Crippen LogP contribution in [0.3, 0.4) is 0 Å². The Labute approximate surface area is 221 Å². The molecule has 1 aliphatic heterocycles. The average Bonchev–Trinajstić information content (AvgIpc) is 2.98. The Kier molecular flexibility index (Phi) is 6.51. The third-order valence-electron chi connectivity index (χ3n) is 6.14. The number of benzene rings is 3. The molecule has 0 spiro atoms. The lowest BCUT2D eigenvalue weighted by molar-refractivity contribution is -0.112. The Morgan fingerprint density at radius 2 is 1.37 bits per heavy atom. The molecule has 0 aliphatic carbocycles. The molecule has 0 fully saturated rings. The largest absolute Gasteiger partial charge is 0.507 e. The lowest BCUT2D eigenvalue weighted by Crippen LogP contribution is -2.21. The third kappa shape index (κ3) is 4.70. The van der Waals surface area contributed by atoms with Crippen LogP contribution in [0.2, 0.25) is 15.1 Å². The van der Waals surface area contributed by atoms with Crippen LogP contribution in [0.1, 0.15) is 63.8 Å². The molecule has 0 unspecified atom stereocenters. The summed E-state index contributed by atoms with van der Waals surface area (Å²) < 4.78 is 0. The summed E-state index contributed by atoms with van der Waals surface area (Å²) in [5.41, 5.74) is 4.17. The van der Waals surface area contributed by atoms with Gasteiger partial charge in [0.25, 0.3) is 5.91 Å². The summed E-state index contributed by atoms with van der Waals surface area (Å²) in [7, 11) is 0. The van der Waals surface area contributed by atoms with Crippen LogP contribution in [0.15, 0.2) is 48.5 Å². The van der Waals surface area contributed by atoms with E-state index in [1.54, 1.807) is 30.3 Å². The molecule has 35 heavy (non-hydrogen) atoms. The van der Waals surface area contributed by atoms with Crippen molar-refractivity contribution >= 4 is 63.7 Å². The molecule has 182 valence electrons. The van der Waals surface area contributed by atoms with Crippen molar-refractivity contribution in [2.75, 3.05) is 4.90 Å². The number of carbonyl (C=O) groups excluding carboxylic acids is 1. The highest BCUT2D eigenvalue weighted by Gasteiger charge is 2.36. The molecule has 1 N–H and O–H groups in total. The summed E-state index contributed by atoms with van der Waals surface area (Å²) in [5.74, 6) is 0.0431. The Balaban J connectivity index is 1.97. The second-order valence-electron chi connectivity index (χ2n) is 10.9. The van der Waals surface area contributed by atoms with Gasteiger partial charge in [0.05, 0.1) is 27.0 Å². The van der Waals surface area contributed by atoms with Crippen LogP contribution in [-0.2, 0) is 15.6 Å². The van der Waals surface area contributed by atoms with E-state index in [2.05, 4.69) is 41.5 Å². The molecule has 0 atom stereocenters. The first-order valence-corrected chi connectivity index (χ1v) is 12.5. The van der Waals surface area contributed by atoms with Crippen LogP contribution in [0.25, 0.3) is 11.6 Å². The van der Waals surface area contributed by atoms with E-state index < -0.39 is 0 Å². The molecule has 0 aromatic heterocycles. The van der Waals surface area contributed by atoms with Crippen molar-refractivity contribution < 1.29 is 9.90 Å². The standard InChI is InChI=1S/C29H28Cl3NO2/c1-28(2,3)20-13-16(14-21(26(20)34)29(4,5)6)12-19-18-11-10-17(30)15-24(18)33(27(19)35)25-22(31)8-7-9-23(25)32/h7-15,34H,1-6H3. The fourth-order valence-corrected chi connectivity index (χ4v) is 5.11. The fourth-order valence-electron chi connectivity index (χ4n) is 4.38. The first-order valence-electron chi connectivity index (χ1n) is 11.4. The van der Waals surface area contributed by atoms with E-state index >= 15 is 0 Å². The van der Waals surface area contributed by atoms with Crippen molar-refractivity contribution in [2.45, 2.75) is 52.4 Å². The van der Waals surface area contributed by atoms with Gasteiger partial charge in [-0.05, 0) is 58.9 Å². The van der Waals surface area contributed by atoms with Gasteiger partial charge in [-0.15, -0.1) is 0 Å². The van der Waals surface area contributed by atoms with Gasteiger partial charge in [0.2, 0.25) is 0 Å². The van der Waals surface area contributed by atoms with Crippen LogP contribution in [0.5, 0.6) is 5.75 Å². The van der Waals surface area contributed by atoms with Gasteiger partial charge in [0.15, 0.2) is 0 Å². The number of nitrogens with zero attached hydrogens (tertiary/aromatic N) is 1. The first-order chi connectivity index (χ1) is 16.2. The van der Waals surface area contributed by atoms with E-state index in [0.717, 1.165) is 22.3 Å². The van der Waals surface area contributed by atoms with Crippen LogP contribution in [-0.4, -0.2) is 11.0 Å². The van der Waals surface area contributed by atoms with Crippen LogP contribution in [0.4, 0.5) is 11.4 Å². The zero-order valence-electron chi connectivity index (χ0n) is 20.6. The predicted molar refractivity (Wildman–Crippen MR) is 148 cm³/mol. The quantitative estimate of drug-likeness (QED) is 0.337. The van der Waals surface area contributed by atoms with Crippen molar-refractivity contribution in [1.82, 2.24) is 0 Å². The Bertz CT molecular complexity index is 1320.